The highest BCUT2D eigenvalue weighted by Gasteiger charge is 2.13. The van der Waals surface area contributed by atoms with E-state index in [4.69, 9.17) is 5.26 Å². The lowest BCUT2D eigenvalue weighted by Crippen LogP contribution is -2.27. The zero-order chi connectivity index (χ0) is 16.7. The number of carbonyl (C=O) groups excluding carboxylic acids is 1. The Morgan fingerprint density at radius 1 is 1.45 bits per heavy atom. The van der Waals surface area contributed by atoms with Crippen molar-refractivity contribution in [1.82, 2.24) is 10.3 Å². The summed E-state index contributed by atoms with van der Waals surface area (Å²) in [5.41, 5.74) is 1.87. The molecule has 1 unspecified atom stereocenters. The molecule has 6 heteroatoms. The fourth-order valence-corrected chi connectivity index (χ4v) is 2.33. The first-order valence-corrected chi connectivity index (χ1v) is 7.47. The summed E-state index contributed by atoms with van der Waals surface area (Å²) in [7, 11) is 0. The van der Waals surface area contributed by atoms with Crippen LogP contribution in [0, 0.1) is 25.2 Å². The van der Waals surface area contributed by atoms with Crippen LogP contribution in [-0.2, 0) is 11.2 Å². The molecule has 0 aliphatic rings. The lowest BCUT2D eigenvalue weighted by molar-refractivity contribution is -0.121. The van der Waals surface area contributed by atoms with Crippen molar-refractivity contribution in [2.45, 2.75) is 52.6 Å². The standard InChI is InChI=1S/C16H23N3O3/c1-4-12(20)7-8-18-15(21)6-5-13-10(2)14(9-17)16(22)19-11(13)3/h12,20H,4-8H2,1-3H3,(H,18,21)(H,19,22). The van der Waals surface area contributed by atoms with E-state index in [1.807, 2.05) is 13.0 Å². The number of amides is 1. The minimum absolute atomic E-state index is 0.104. The molecule has 6 nitrogen and oxygen atoms in total. The Morgan fingerprint density at radius 2 is 2.14 bits per heavy atom. The number of nitrogens with zero attached hydrogens (tertiary/aromatic N) is 1. The van der Waals surface area contributed by atoms with E-state index < -0.39 is 0 Å². The van der Waals surface area contributed by atoms with Crippen LogP contribution in [0.1, 0.15) is 48.6 Å². The summed E-state index contributed by atoms with van der Waals surface area (Å²) >= 11 is 0. The summed E-state index contributed by atoms with van der Waals surface area (Å²) in [5, 5.41) is 21.2. The predicted octanol–water partition coefficient (Wildman–Crippen LogP) is 1.07. The molecule has 120 valence electrons. The van der Waals surface area contributed by atoms with Crippen LogP contribution in [0.15, 0.2) is 4.79 Å². The maximum Gasteiger partial charge on any atom is 0.266 e. The molecule has 1 aromatic heterocycles. The Morgan fingerprint density at radius 3 is 2.73 bits per heavy atom. The van der Waals surface area contributed by atoms with E-state index in [-0.39, 0.29) is 29.6 Å². The van der Waals surface area contributed by atoms with Gasteiger partial charge < -0.3 is 15.4 Å². The third-order valence-corrected chi connectivity index (χ3v) is 3.79. The van der Waals surface area contributed by atoms with E-state index in [2.05, 4.69) is 10.3 Å². The molecule has 1 heterocycles. The number of aliphatic hydroxyl groups is 1. The Bertz CT molecular complexity index is 629. The molecule has 0 aromatic carbocycles. The number of aliphatic hydroxyl groups excluding tert-OH is 1. The molecule has 1 amide bonds. The second-order valence-corrected chi connectivity index (χ2v) is 5.37. The van der Waals surface area contributed by atoms with Crippen molar-refractivity contribution in [2.75, 3.05) is 6.54 Å². The molecule has 22 heavy (non-hydrogen) atoms. The Labute approximate surface area is 130 Å². The summed E-state index contributed by atoms with van der Waals surface area (Å²) < 4.78 is 0. The Kier molecular flexibility index (Phi) is 6.80. The van der Waals surface area contributed by atoms with Gasteiger partial charge in [-0.3, -0.25) is 9.59 Å². The summed E-state index contributed by atoms with van der Waals surface area (Å²) in [6.45, 7) is 5.83. The average Bonchev–Trinajstić information content (AvgIpc) is 2.46. The number of nitrogens with one attached hydrogen (secondary N) is 2. The molecular formula is C16H23N3O3. The monoisotopic (exact) mass is 305 g/mol. The van der Waals surface area contributed by atoms with Gasteiger partial charge in [-0.15, -0.1) is 0 Å². The summed E-state index contributed by atoms with van der Waals surface area (Å²) in [5.74, 6) is -0.105. The maximum atomic E-state index is 11.8. The Hall–Kier alpha value is -2.13. The van der Waals surface area contributed by atoms with E-state index in [9.17, 15) is 14.7 Å². The van der Waals surface area contributed by atoms with Crippen LogP contribution in [0.3, 0.4) is 0 Å². The molecule has 3 N–H and O–H groups in total. The fourth-order valence-electron chi connectivity index (χ4n) is 2.33. The first-order chi connectivity index (χ1) is 10.4. The van der Waals surface area contributed by atoms with Gasteiger partial charge in [-0.25, -0.2) is 0 Å². The van der Waals surface area contributed by atoms with E-state index >= 15 is 0 Å². The molecule has 1 rings (SSSR count). The van der Waals surface area contributed by atoms with Crippen LogP contribution in [0.2, 0.25) is 0 Å². The topological polar surface area (TPSA) is 106 Å². The number of hydrogen-bond acceptors (Lipinski definition) is 4. The number of H-pyrrole nitrogens is 1. The molecule has 0 radical (unpaired) electrons. The molecule has 0 fully saturated rings. The van der Waals surface area contributed by atoms with Crippen molar-refractivity contribution in [3.05, 3.63) is 32.7 Å². The minimum atomic E-state index is -0.390. The first-order valence-electron chi connectivity index (χ1n) is 7.47. The predicted molar refractivity (Wildman–Crippen MR) is 83.5 cm³/mol. The lowest BCUT2D eigenvalue weighted by atomic mass is 9.99. The molecule has 0 saturated carbocycles. The average molecular weight is 305 g/mol. The first kappa shape index (κ1) is 17.9. The van der Waals surface area contributed by atoms with Gasteiger partial charge in [0.25, 0.3) is 5.56 Å². The fraction of sp³-hybridized carbons (Fsp3) is 0.562. The minimum Gasteiger partial charge on any atom is -0.393 e. The number of carbonyl (C=O) groups is 1. The van der Waals surface area contributed by atoms with Gasteiger partial charge in [-0.05, 0) is 44.2 Å². The second kappa shape index (κ2) is 8.35. The molecule has 0 spiro atoms. The third kappa shape index (κ3) is 4.71. The van der Waals surface area contributed by atoms with Crippen molar-refractivity contribution < 1.29 is 9.90 Å². The van der Waals surface area contributed by atoms with Gasteiger partial charge in [0.1, 0.15) is 11.6 Å². The van der Waals surface area contributed by atoms with Crippen LogP contribution >= 0.6 is 0 Å². The lowest BCUT2D eigenvalue weighted by Gasteiger charge is -2.11. The van der Waals surface area contributed by atoms with Crippen molar-refractivity contribution >= 4 is 5.91 Å². The summed E-state index contributed by atoms with van der Waals surface area (Å²) in [6, 6.07) is 1.90. The summed E-state index contributed by atoms with van der Waals surface area (Å²) in [6.07, 6.45) is 1.56. The quantitative estimate of drug-likeness (QED) is 0.700. The molecular weight excluding hydrogens is 282 g/mol. The molecule has 1 aromatic rings. The van der Waals surface area contributed by atoms with E-state index in [1.165, 1.54) is 0 Å². The van der Waals surface area contributed by atoms with Crippen molar-refractivity contribution in [3.8, 4) is 6.07 Å². The van der Waals surface area contributed by atoms with Gasteiger partial charge in [-0.1, -0.05) is 6.92 Å². The molecule has 0 aliphatic heterocycles. The van der Waals surface area contributed by atoms with Crippen LogP contribution in [0.4, 0.5) is 0 Å². The molecule has 0 saturated heterocycles. The molecule has 1 atom stereocenters. The number of rotatable bonds is 7. The van der Waals surface area contributed by atoms with E-state index in [1.54, 1.807) is 13.8 Å². The van der Waals surface area contributed by atoms with Crippen LogP contribution < -0.4 is 10.9 Å². The Balaban J connectivity index is 2.64. The van der Waals surface area contributed by atoms with Crippen LogP contribution in [0.5, 0.6) is 0 Å². The SMILES string of the molecule is CCC(O)CCNC(=O)CCc1c(C)[nH]c(=O)c(C#N)c1C. The van der Waals surface area contributed by atoms with Gasteiger partial charge >= 0.3 is 0 Å². The summed E-state index contributed by atoms with van der Waals surface area (Å²) in [4.78, 5) is 26.1. The third-order valence-electron chi connectivity index (χ3n) is 3.79. The molecule has 0 aliphatic carbocycles. The van der Waals surface area contributed by atoms with Crippen molar-refractivity contribution in [2.24, 2.45) is 0 Å². The van der Waals surface area contributed by atoms with Crippen LogP contribution in [0.25, 0.3) is 0 Å². The van der Waals surface area contributed by atoms with Gasteiger partial charge in [0.15, 0.2) is 0 Å². The zero-order valence-corrected chi connectivity index (χ0v) is 13.3. The number of aryl methyl sites for hydroxylation is 1. The van der Waals surface area contributed by atoms with Gasteiger partial charge in [0.2, 0.25) is 5.91 Å². The maximum absolute atomic E-state index is 11.8. The number of aromatic amines is 1. The van der Waals surface area contributed by atoms with Crippen molar-refractivity contribution in [1.29, 1.82) is 5.26 Å². The van der Waals surface area contributed by atoms with Gasteiger partial charge in [0.05, 0.1) is 6.10 Å². The number of aromatic nitrogens is 1. The zero-order valence-electron chi connectivity index (χ0n) is 13.3. The van der Waals surface area contributed by atoms with E-state index in [0.717, 1.165) is 5.56 Å². The number of hydrogen-bond donors (Lipinski definition) is 3. The number of nitriles is 1. The largest absolute Gasteiger partial charge is 0.393 e. The van der Waals surface area contributed by atoms with Crippen LogP contribution in [-0.4, -0.2) is 28.6 Å². The molecule has 0 bridgehead atoms. The highest BCUT2D eigenvalue weighted by atomic mass is 16.3. The smallest absolute Gasteiger partial charge is 0.266 e. The van der Waals surface area contributed by atoms with Gasteiger partial charge in [-0.2, -0.15) is 5.26 Å². The highest BCUT2D eigenvalue weighted by molar-refractivity contribution is 5.76. The second-order valence-electron chi connectivity index (χ2n) is 5.37. The number of pyridine rings is 1. The van der Waals surface area contributed by atoms with Crippen molar-refractivity contribution in [3.63, 3.8) is 0 Å². The normalized spacial score (nSPS) is 11.8. The van der Waals surface area contributed by atoms with E-state index in [0.29, 0.717) is 37.1 Å². The van der Waals surface area contributed by atoms with Gasteiger partial charge in [0, 0.05) is 18.7 Å². The highest BCUT2D eigenvalue weighted by Crippen LogP contribution is 2.14.